The standard InChI is InChI=1S/C25H25N3O6S/c1-5-33-25(30)22-17(16-8-9-18(31-3)20(11-16)32-4)14-35-24(22)27-21(29)13-34-19-7-6-10-28-12-15(2)26-23(19)28/h6-12,14H,5,13H2,1-4H3,(H,27,29). The van der Waals surface area contributed by atoms with Gasteiger partial charge in [0.15, 0.2) is 29.5 Å². The first-order chi connectivity index (χ1) is 16.9. The van der Waals surface area contributed by atoms with E-state index in [2.05, 4.69) is 10.3 Å². The molecule has 0 saturated carbocycles. The third-order valence-electron chi connectivity index (χ3n) is 5.14. The fourth-order valence-electron chi connectivity index (χ4n) is 3.60. The number of thiophene rings is 1. The van der Waals surface area contributed by atoms with Crippen molar-refractivity contribution < 1.29 is 28.5 Å². The molecular formula is C25H25N3O6S. The second kappa shape index (κ2) is 10.5. The van der Waals surface area contributed by atoms with Crippen LogP contribution in [-0.2, 0) is 9.53 Å². The van der Waals surface area contributed by atoms with Crippen LogP contribution in [0.1, 0.15) is 23.0 Å². The number of aromatic nitrogens is 2. The van der Waals surface area contributed by atoms with Gasteiger partial charge in [0.2, 0.25) is 0 Å². The highest BCUT2D eigenvalue weighted by atomic mass is 32.1. The minimum atomic E-state index is -0.535. The number of hydrogen-bond donors (Lipinski definition) is 1. The number of aryl methyl sites for hydroxylation is 1. The van der Waals surface area contributed by atoms with Gasteiger partial charge in [0, 0.05) is 23.3 Å². The predicted molar refractivity (Wildman–Crippen MR) is 133 cm³/mol. The summed E-state index contributed by atoms with van der Waals surface area (Å²) in [5.41, 5.74) is 3.06. The summed E-state index contributed by atoms with van der Waals surface area (Å²) in [6, 6.07) is 8.90. The van der Waals surface area contributed by atoms with E-state index in [4.69, 9.17) is 18.9 Å². The Labute approximate surface area is 206 Å². The summed E-state index contributed by atoms with van der Waals surface area (Å²) < 4.78 is 23.5. The van der Waals surface area contributed by atoms with Crippen LogP contribution in [0.2, 0.25) is 0 Å². The molecule has 0 spiro atoms. The number of nitrogens with one attached hydrogen (secondary N) is 1. The van der Waals surface area contributed by atoms with Crippen LogP contribution in [0.5, 0.6) is 17.2 Å². The molecule has 0 saturated heterocycles. The van der Waals surface area contributed by atoms with Crippen LogP contribution in [0, 0.1) is 6.92 Å². The van der Waals surface area contributed by atoms with E-state index in [0.29, 0.717) is 33.5 Å². The van der Waals surface area contributed by atoms with E-state index < -0.39 is 11.9 Å². The zero-order valence-electron chi connectivity index (χ0n) is 19.8. The van der Waals surface area contributed by atoms with E-state index in [1.807, 2.05) is 35.9 Å². The number of hydrogen-bond acceptors (Lipinski definition) is 8. The first kappa shape index (κ1) is 24.1. The molecule has 182 valence electrons. The van der Waals surface area contributed by atoms with Crippen LogP contribution in [0.4, 0.5) is 5.00 Å². The largest absolute Gasteiger partial charge is 0.493 e. The van der Waals surface area contributed by atoms with Gasteiger partial charge in [-0.3, -0.25) is 4.79 Å². The maximum atomic E-state index is 12.8. The van der Waals surface area contributed by atoms with Crippen molar-refractivity contribution in [1.29, 1.82) is 0 Å². The van der Waals surface area contributed by atoms with Crippen molar-refractivity contribution in [2.45, 2.75) is 13.8 Å². The molecule has 35 heavy (non-hydrogen) atoms. The Morgan fingerprint density at radius 3 is 2.66 bits per heavy atom. The lowest BCUT2D eigenvalue weighted by atomic mass is 10.0. The number of benzene rings is 1. The molecule has 0 aliphatic carbocycles. The monoisotopic (exact) mass is 495 g/mol. The molecule has 3 heterocycles. The first-order valence-corrected chi connectivity index (χ1v) is 11.7. The maximum Gasteiger partial charge on any atom is 0.341 e. The molecule has 4 rings (SSSR count). The molecule has 9 nitrogen and oxygen atoms in total. The molecule has 1 N–H and O–H groups in total. The number of ether oxygens (including phenoxy) is 4. The van der Waals surface area contributed by atoms with Crippen LogP contribution in [0.25, 0.3) is 16.8 Å². The Kier molecular flexibility index (Phi) is 7.21. The number of rotatable bonds is 9. The quantitative estimate of drug-likeness (QED) is 0.339. The zero-order valence-corrected chi connectivity index (χ0v) is 20.6. The Hall–Kier alpha value is -4.05. The van der Waals surface area contributed by atoms with E-state index in [-0.39, 0.29) is 18.8 Å². The van der Waals surface area contributed by atoms with Gasteiger partial charge in [-0.05, 0) is 43.7 Å². The van der Waals surface area contributed by atoms with Crippen molar-refractivity contribution in [2.75, 3.05) is 32.8 Å². The van der Waals surface area contributed by atoms with Gasteiger partial charge in [-0.15, -0.1) is 11.3 Å². The number of fused-ring (bicyclic) bond motifs is 1. The summed E-state index contributed by atoms with van der Waals surface area (Å²) in [7, 11) is 3.09. The Morgan fingerprint density at radius 1 is 1.11 bits per heavy atom. The molecule has 10 heteroatoms. The molecule has 0 radical (unpaired) electrons. The molecule has 0 fully saturated rings. The number of imidazole rings is 1. The average Bonchev–Trinajstić information content (AvgIpc) is 3.45. The predicted octanol–water partition coefficient (Wildman–Crippen LogP) is 4.58. The van der Waals surface area contributed by atoms with Crippen molar-refractivity contribution in [3.8, 4) is 28.4 Å². The summed E-state index contributed by atoms with van der Waals surface area (Å²) in [6.07, 6.45) is 3.73. The molecule has 0 unspecified atom stereocenters. The van der Waals surface area contributed by atoms with Crippen LogP contribution < -0.4 is 19.5 Å². The number of methoxy groups -OCH3 is 2. The highest BCUT2D eigenvalue weighted by Gasteiger charge is 2.24. The summed E-state index contributed by atoms with van der Waals surface area (Å²) in [5.74, 6) is 0.624. The minimum absolute atomic E-state index is 0.199. The van der Waals surface area contributed by atoms with E-state index >= 15 is 0 Å². The molecule has 0 aliphatic rings. The molecule has 0 bridgehead atoms. The summed E-state index contributed by atoms with van der Waals surface area (Å²) in [5, 5.41) is 4.95. The van der Waals surface area contributed by atoms with Crippen LogP contribution in [-0.4, -0.2) is 48.7 Å². The molecule has 0 aliphatic heterocycles. The minimum Gasteiger partial charge on any atom is -0.493 e. The fraction of sp³-hybridized carbons (Fsp3) is 0.240. The van der Waals surface area contributed by atoms with Gasteiger partial charge in [0.05, 0.1) is 26.5 Å². The lowest BCUT2D eigenvalue weighted by Crippen LogP contribution is -2.21. The molecule has 0 atom stereocenters. The molecule has 3 aromatic heterocycles. The normalized spacial score (nSPS) is 10.7. The van der Waals surface area contributed by atoms with Gasteiger partial charge in [-0.2, -0.15) is 0 Å². The van der Waals surface area contributed by atoms with Crippen molar-refractivity contribution in [3.05, 3.63) is 59.4 Å². The van der Waals surface area contributed by atoms with Crippen LogP contribution >= 0.6 is 11.3 Å². The summed E-state index contributed by atoms with van der Waals surface area (Å²) >= 11 is 1.23. The molecule has 1 amide bonds. The molecular weight excluding hydrogens is 470 g/mol. The Balaban J connectivity index is 1.58. The van der Waals surface area contributed by atoms with E-state index in [1.54, 1.807) is 44.7 Å². The van der Waals surface area contributed by atoms with Crippen molar-refractivity contribution in [2.24, 2.45) is 0 Å². The highest BCUT2D eigenvalue weighted by molar-refractivity contribution is 7.15. The number of carbonyl (C=O) groups is 2. The SMILES string of the molecule is CCOC(=O)c1c(-c2ccc(OC)c(OC)c2)csc1NC(=O)COc1cccn2cc(C)nc12. The lowest BCUT2D eigenvalue weighted by Gasteiger charge is -2.12. The second-order valence-electron chi connectivity index (χ2n) is 7.47. The first-order valence-electron chi connectivity index (χ1n) is 10.8. The molecule has 1 aromatic carbocycles. The van der Waals surface area contributed by atoms with E-state index in [0.717, 1.165) is 11.3 Å². The Morgan fingerprint density at radius 2 is 1.91 bits per heavy atom. The topological polar surface area (TPSA) is 100 Å². The third kappa shape index (κ3) is 5.07. The van der Waals surface area contributed by atoms with Crippen molar-refractivity contribution in [3.63, 3.8) is 0 Å². The third-order valence-corrected chi connectivity index (χ3v) is 6.04. The van der Waals surface area contributed by atoms with Gasteiger partial charge < -0.3 is 28.7 Å². The van der Waals surface area contributed by atoms with E-state index in [9.17, 15) is 9.59 Å². The number of pyridine rings is 1. The summed E-state index contributed by atoms with van der Waals surface area (Å²) in [4.78, 5) is 30.0. The van der Waals surface area contributed by atoms with Gasteiger partial charge in [-0.25, -0.2) is 9.78 Å². The van der Waals surface area contributed by atoms with E-state index in [1.165, 1.54) is 11.3 Å². The Bertz CT molecular complexity index is 1380. The fourth-order valence-corrected chi connectivity index (χ4v) is 4.57. The van der Waals surface area contributed by atoms with Crippen molar-refractivity contribution >= 4 is 33.9 Å². The number of nitrogens with zero attached hydrogens (tertiary/aromatic N) is 2. The number of carbonyl (C=O) groups excluding carboxylic acids is 2. The zero-order chi connectivity index (χ0) is 24.9. The maximum absolute atomic E-state index is 12.8. The number of esters is 1. The average molecular weight is 496 g/mol. The van der Waals surface area contributed by atoms with Gasteiger partial charge >= 0.3 is 5.97 Å². The highest BCUT2D eigenvalue weighted by Crippen LogP contribution is 2.39. The van der Waals surface area contributed by atoms with Gasteiger partial charge in [0.1, 0.15) is 10.6 Å². The van der Waals surface area contributed by atoms with Gasteiger partial charge in [-0.1, -0.05) is 6.07 Å². The second-order valence-corrected chi connectivity index (χ2v) is 8.35. The number of amides is 1. The molecule has 4 aromatic rings. The lowest BCUT2D eigenvalue weighted by molar-refractivity contribution is -0.118. The van der Waals surface area contributed by atoms with Gasteiger partial charge in [0.25, 0.3) is 5.91 Å². The van der Waals surface area contributed by atoms with Crippen LogP contribution in [0.3, 0.4) is 0 Å². The van der Waals surface area contributed by atoms with Crippen molar-refractivity contribution in [1.82, 2.24) is 9.38 Å². The van der Waals surface area contributed by atoms with Crippen LogP contribution in [0.15, 0.2) is 48.1 Å². The number of anilines is 1. The summed E-state index contributed by atoms with van der Waals surface area (Å²) in [6.45, 7) is 3.55. The smallest absolute Gasteiger partial charge is 0.341 e.